The Morgan fingerprint density at radius 3 is 2.31 bits per heavy atom. The van der Waals surface area contributed by atoms with E-state index in [2.05, 4.69) is 0 Å². The minimum Gasteiger partial charge on any atom is -0.755 e. The molecule has 174 valence electrons. The molecule has 0 aromatic heterocycles. The zero-order valence-corrected chi connectivity index (χ0v) is 19.0. The monoisotopic (exact) mass is 466 g/mol. The molecule has 0 bridgehead atoms. The van der Waals surface area contributed by atoms with E-state index in [1.54, 1.807) is 11.0 Å². The van der Waals surface area contributed by atoms with Gasteiger partial charge in [0.05, 0.1) is 11.1 Å². The molecule has 0 spiro atoms. The second-order valence-electron chi connectivity index (χ2n) is 8.58. The van der Waals surface area contributed by atoms with E-state index in [0.717, 1.165) is 11.6 Å². The van der Waals surface area contributed by atoms with Crippen LogP contribution in [0.3, 0.4) is 0 Å². The number of allylic oxidation sites excluding steroid dienone is 3. The van der Waals surface area contributed by atoms with Crippen molar-refractivity contribution in [3.05, 3.63) is 53.1 Å². The highest BCUT2D eigenvalue weighted by Crippen LogP contribution is 2.39. The van der Waals surface area contributed by atoms with Crippen LogP contribution in [0.5, 0.6) is 0 Å². The molecule has 3 rings (SSSR count). The Bertz CT molecular complexity index is 1000. The van der Waals surface area contributed by atoms with Crippen LogP contribution in [-0.2, 0) is 16.1 Å². The van der Waals surface area contributed by atoms with Gasteiger partial charge in [0.25, 0.3) is 5.91 Å². The number of benzene rings is 1. The lowest BCUT2D eigenvalue weighted by Gasteiger charge is -2.40. The van der Waals surface area contributed by atoms with Crippen molar-refractivity contribution in [3.8, 4) is 0 Å². The molecule has 2 aliphatic rings. The first kappa shape index (κ1) is 24.1. The zero-order valence-electron chi connectivity index (χ0n) is 18.2. The lowest BCUT2D eigenvalue weighted by molar-refractivity contribution is -0.140. The Hall–Kier alpha value is -2.59. The molecule has 32 heavy (non-hydrogen) atoms. The van der Waals surface area contributed by atoms with Gasteiger partial charge in [0.15, 0.2) is 0 Å². The summed E-state index contributed by atoms with van der Waals surface area (Å²) in [7, 11) is 0. The van der Waals surface area contributed by atoms with Crippen LogP contribution in [0, 0.1) is 17.2 Å². The molecule has 0 saturated carbocycles. The van der Waals surface area contributed by atoms with Crippen LogP contribution >= 0.6 is 0 Å². The lowest BCUT2D eigenvalue weighted by atomic mass is 9.73. The van der Waals surface area contributed by atoms with Gasteiger partial charge in [-0.2, -0.15) is 0 Å². The van der Waals surface area contributed by atoms with Gasteiger partial charge in [-0.1, -0.05) is 18.6 Å². The SMILES string of the molecule is CC1CC(F)=CC=C1C(C)(C)C(=O)N1CCN(C(=O)c2ccc(NS(=O)[O-])c(F)c2)CC1. The van der Waals surface area contributed by atoms with Crippen LogP contribution in [0.1, 0.15) is 37.6 Å². The maximum absolute atomic E-state index is 14.1. The first-order chi connectivity index (χ1) is 15.0. The van der Waals surface area contributed by atoms with E-state index in [9.17, 15) is 27.1 Å². The van der Waals surface area contributed by atoms with Crippen LogP contribution in [0.4, 0.5) is 14.5 Å². The van der Waals surface area contributed by atoms with E-state index in [1.165, 1.54) is 23.1 Å². The van der Waals surface area contributed by atoms with Gasteiger partial charge >= 0.3 is 0 Å². The number of nitrogens with one attached hydrogen (secondary N) is 1. The second-order valence-corrected chi connectivity index (χ2v) is 9.26. The van der Waals surface area contributed by atoms with Gasteiger partial charge in [-0.3, -0.25) is 13.8 Å². The zero-order chi connectivity index (χ0) is 23.6. The maximum atomic E-state index is 14.1. The molecule has 7 nitrogen and oxygen atoms in total. The Labute approximate surface area is 188 Å². The molecular weight excluding hydrogens is 440 g/mol. The fourth-order valence-corrected chi connectivity index (χ4v) is 4.62. The summed E-state index contributed by atoms with van der Waals surface area (Å²) in [5.41, 5.74) is -0.0601. The number of amides is 2. The van der Waals surface area contributed by atoms with Crippen molar-refractivity contribution in [2.45, 2.75) is 27.2 Å². The van der Waals surface area contributed by atoms with E-state index in [0.29, 0.717) is 13.1 Å². The van der Waals surface area contributed by atoms with E-state index in [-0.39, 0.29) is 48.4 Å². The van der Waals surface area contributed by atoms with Crippen molar-refractivity contribution in [2.24, 2.45) is 11.3 Å². The van der Waals surface area contributed by atoms with Gasteiger partial charge in [0.2, 0.25) is 5.91 Å². The predicted octanol–water partition coefficient (Wildman–Crippen LogP) is 3.16. The smallest absolute Gasteiger partial charge is 0.254 e. The molecule has 0 radical (unpaired) electrons. The largest absolute Gasteiger partial charge is 0.755 e. The summed E-state index contributed by atoms with van der Waals surface area (Å²) in [5.74, 6) is -1.60. The first-order valence-electron chi connectivity index (χ1n) is 10.3. The third-order valence-corrected chi connectivity index (χ3v) is 6.38. The summed E-state index contributed by atoms with van der Waals surface area (Å²) in [6.07, 6.45) is 3.38. The van der Waals surface area contributed by atoms with Gasteiger partial charge in [-0.25, -0.2) is 8.78 Å². The van der Waals surface area contributed by atoms with Crippen LogP contribution in [0.15, 0.2) is 41.8 Å². The minimum absolute atomic E-state index is 0.0757. The van der Waals surface area contributed by atoms with Crippen LogP contribution in [0.25, 0.3) is 0 Å². The molecular formula is C22H26F2N3O4S-. The summed E-state index contributed by atoms with van der Waals surface area (Å²) < 4.78 is 50.9. The first-order valence-corrected chi connectivity index (χ1v) is 11.4. The van der Waals surface area contributed by atoms with E-state index < -0.39 is 28.4 Å². The molecule has 1 N–H and O–H groups in total. The number of carbonyl (C=O) groups excluding carboxylic acids is 2. The molecule has 1 aromatic rings. The summed E-state index contributed by atoms with van der Waals surface area (Å²) in [5, 5.41) is 0. The number of hydrogen-bond acceptors (Lipinski definition) is 4. The van der Waals surface area contributed by atoms with E-state index in [4.69, 9.17) is 0 Å². The van der Waals surface area contributed by atoms with Gasteiger partial charge in [0.1, 0.15) is 11.6 Å². The molecule has 1 aromatic carbocycles. The van der Waals surface area contributed by atoms with Crippen LogP contribution in [-0.4, -0.2) is 56.6 Å². The molecule has 2 atom stereocenters. The Morgan fingerprint density at radius 1 is 1.12 bits per heavy atom. The summed E-state index contributed by atoms with van der Waals surface area (Å²) in [4.78, 5) is 29.2. The molecule has 1 fully saturated rings. The number of nitrogens with zero attached hydrogens (tertiary/aromatic N) is 2. The predicted molar refractivity (Wildman–Crippen MR) is 116 cm³/mol. The third kappa shape index (κ3) is 5.07. The summed E-state index contributed by atoms with van der Waals surface area (Å²) >= 11 is -2.67. The van der Waals surface area contributed by atoms with Gasteiger partial charge in [-0.05, 0) is 44.0 Å². The molecule has 1 heterocycles. The molecule has 1 saturated heterocycles. The van der Waals surface area contributed by atoms with E-state index in [1.807, 2.05) is 25.5 Å². The summed E-state index contributed by atoms with van der Waals surface area (Å²) in [6.45, 7) is 6.80. The summed E-state index contributed by atoms with van der Waals surface area (Å²) in [6, 6.07) is 3.53. The number of anilines is 1. The molecule has 1 aliphatic carbocycles. The molecule has 2 unspecified atom stereocenters. The topological polar surface area (TPSA) is 92.8 Å². The van der Waals surface area contributed by atoms with Crippen molar-refractivity contribution in [3.63, 3.8) is 0 Å². The average Bonchev–Trinajstić information content (AvgIpc) is 2.73. The molecule has 2 amide bonds. The number of hydrogen-bond donors (Lipinski definition) is 1. The number of rotatable bonds is 5. The van der Waals surface area contributed by atoms with Crippen molar-refractivity contribution >= 4 is 28.8 Å². The normalized spacial score (nSPS) is 20.4. The standard InChI is InChI=1S/C22H27F2N3O4S/c1-14-12-16(23)5-6-17(14)22(2,3)21(29)27-10-8-26(9-11-27)20(28)15-4-7-19(18(24)13-15)25-32(30)31/h4-7,13-14,25H,8-12H2,1-3H3,(H,30,31)/p-1. The number of piperazine rings is 1. The van der Waals surface area contributed by atoms with Crippen molar-refractivity contribution in [1.29, 1.82) is 0 Å². The van der Waals surface area contributed by atoms with Gasteiger partial charge in [0, 0.05) is 49.4 Å². The van der Waals surface area contributed by atoms with Crippen LogP contribution in [0.2, 0.25) is 0 Å². The molecule has 10 heteroatoms. The Balaban J connectivity index is 1.64. The van der Waals surface area contributed by atoms with E-state index >= 15 is 0 Å². The van der Waals surface area contributed by atoms with Crippen molar-refractivity contribution in [1.82, 2.24) is 9.80 Å². The lowest BCUT2D eigenvalue weighted by Crippen LogP contribution is -2.54. The van der Waals surface area contributed by atoms with Crippen molar-refractivity contribution < 1.29 is 27.1 Å². The van der Waals surface area contributed by atoms with Gasteiger partial charge in [-0.15, -0.1) is 0 Å². The number of halogens is 2. The second kappa shape index (κ2) is 9.50. The number of carbonyl (C=O) groups is 2. The highest BCUT2D eigenvalue weighted by molar-refractivity contribution is 7.80. The molecule has 1 aliphatic heterocycles. The Morgan fingerprint density at radius 2 is 1.75 bits per heavy atom. The quantitative estimate of drug-likeness (QED) is 0.675. The van der Waals surface area contributed by atoms with Gasteiger partial charge < -0.3 is 19.1 Å². The fourth-order valence-electron chi connectivity index (χ4n) is 4.27. The maximum Gasteiger partial charge on any atom is 0.254 e. The highest BCUT2D eigenvalue weighted by atomic mass is 32.2. The fraction of sp³-hybridized carbons (Fsp3) is 0.455. The average molecular weight is 467 g/mol. The Kier molecular flexibility index (Phi) is 7.14. The third-order valence-electron chi connectivity index (χ3n) is 6.00. The van der Waals surface area contributed by atoms with Crippen molar-refractivity contribution in [2.75, 3.05) is 30.9 Å². The van der Waals surface area contributed by atoms with Crippen LogP contribution < -0.4 is 4.72 Å². The minimum atomic E-state index is -2.67. The highest BCUT2D eigenvalue weighted by Gasteiger charge is 2.39.